The first-order valence-electron chi connectivity index (χ1n) is 12.1. The van der Waals surface area contributed by atoms with E-state index in [0.717, 1.165) is 33.6 Å². The molecule has 0 aliphatic carbocycles. The minimum atomic E-state index is -1.39. The molecule has 0 radical (unpaired) electrons. The largest absolute Gasteiger partial charge is 0.497 e. The summed E-state index contributed by atoms with van der Waals surface area (Å²) < 4.78 is 18.6. The Labute approximate surface area is 210 Å². The molecule has 0 N–H and O–H groups in total. The maximum atomic E-state index is 14.2. The van der Waals surface area contributed by atoms with Gasteiger partial charge in [0.1, 0.15) is 17.1 Å². The zero-order chi connectivity index (χ0) is 24.8. The van der Waals surface area contributed by atoms with Gasteiger partial charge in [0.2, 0.25) is 5.60 Å². The van der Waals surface area contributed by atoms with Crippen LogP contribution >= 0.6 is 0 Å². The first kappa shape index (κ1) is 22.3. The van der Waals surface area contributed by atoms with Crippen LogP contribution in [0.4, 0.5) is 0 Å². The van der Waals surface area contributed by atoms with Gasteiger partial charge in [-0.25, -0.2) is 4.79 Å². The minimum Gasteiger partial charge on any atom is -0.497 e. The van der Waals surface area contributed by atoms with Gasteiger partial charge in [-0.05, 0) is 34.9 Å². The lowest BCUT2D eigenvalue weighted by Crippen LogP contribution is -2.49. The number of hydrogen-bond donors (Lipinski definition) is 0. The molecule has 1 spiro atoms. The standard InChI is InChI=1S/C32H26O4/c1-3-21-31(23-11-5-4-6-12-23)26-14-8-9-15-27(26)32(36-31)29(22-17-19-24(34-2)20-18-22)25-13-7-10-16-28(25)35-30(32)33/h3-20,29H,1,21H2,2H3/t29-,31+,32+/m1/s1. The van der Waals surface area contributed by atoms with E-state index in [0.29, 0.717) is 12.2 Å². The number of methoxy groups -OCH3 is 1. The highest BCUT2D eigenvalue weighted by molar-refractivity contribution is 5.90. The molecular formula is C32H26O4. The highest BCUT2D eigenvalue weighted by Gasteiger charge is 2.64. The Morgan fingerprint density at radius 2 is 1.53 bits per heavy atom. The first-order valence-corrected chi connectivity index (χ1v) is 12.1. The second-order valence-corrected chi connectivity index (χ2v) is 9.20. The van der Waals surface area contributed by atoms with Crippen molar-refractivity contribution in [2.45, 2.75) is 23.5 Å². The molecule has 2 heterocycles. The van der Waals surface area contributed by atoms with E-state index in [2.05, 4.69) is 12.6 Å². The Balaban J connectivity index is 1.66. The summed E-state index contributed by atoms with van der Waals surface area (Å²) in [4.78, 5) is 14.2. The highest BCUT2D eigenvalue weighted by Crippen LogP contribution is 2.61. The molecule has 0 fully saturated rings. The number of para-hydroxylation sites is 1. The summed E-state index contributed by atoms with van der Waals surface area (Å²) in [5.74, 6) is 0.446. The molecule has 4 aromatic rings. The zero-order valence-electron chi connectivity index (χ0n) is 20.0. The lowest BCUT2D eigenvalue weighted by molar-refractivity contribution is -0.185. The zero-order valence-corrected chi connectivity index (χ0v) is 20.0. The number of carbonyl (C=O) groups excluding carboxylic acids is 1. The fourth-order valence-corrected chi connectivity index (χ4v) is 5.84. The van der Waals surface area contributed by atoms with Gasteiger partial charge in [-0.1, -0.05) is 91.0 Å². The van der Waals surface area contributed by atoms with Crippen molar-refractivity contribution in [2.75, 3.05) is 7.11 Å². The SMILES string of the molecule is C=CC[C@@]1(c2ccccc2)O[C@@]2(C(=O)Oc3ccccc3[C@H]2c2ccc(OC)cc2)c2ccccc21. The third-order valence-electron chi connectivity index (χ3n) is 7.36. The van der Waals surface area contributed by atoms with E-state index in [1.807, 2.05) is 103 Å². The van der Waals surface area contributed by atoms with Crippen molar-refractivity contribution in [3.8, 4) is 11.5 Å². The fourth-order valence-electron chi connectivity index (χ4n) is 5.84. The van der Waals surface area contributed by atoms with Crippen LogP contribution < -0.4 is 9.47 Å². The summed E-state index contributed by atoms with van der Waals surface area (Å²) in [6, 6.07) is 33.6. The smallest absolute Gasteiger partial charge is 0.349 e. The third-order valence-corrected chi connectivity index (χ3v) is 7.36. The quantitative estimate of drug-likeness (QED) is 0.188. The second-order valence-electron chi connectivity index (χ2n) is 9.20. The van der Waals surface area contributed by atoms with Gasteiger partial charge >= 0.3 is 5.97 Å². The average Bonchev–Trinajstić information content (AvgIpc) is 3.22. The lowest BCUT2D eigenvalue weighted by Gasteiger charge is -2.42. The van der Waals surface area contributed by atoms with E-state index in [4.69, 9.17) is 14.2 Å². The van der Waals surface area contributed by atoms with E-state index < -0.39 is 23.1 Å². The number of rotatable bonds is 5. The van der Waals surface area contributed by atoms with E-state index >= 15 is 0 Å². The van der Waals surface area contributed by atoms with Crippen molar-refractivity contribution in [1.29, 1.82) is 0 Å². The summed E-state index contributed by atoms with van der Waals surface area (Å²) in [5.41, 5.74) is 2.29. The van der Waals surface area contributed by atoms with Crippen LogP contribution in [-0.2, 0) is 20.7 Å². The Morgan fingerprint density at radius 1 is 0.861 bits per heavy atom. The molecule has 6 rings (SSSR count). The van der Waals surface area contributed by atoms with Crippen molar-refractivity contribution in [3.63, 3.8) is 0 Å². The summed E-state index contributed by atoms with van der Waals surface area (Å²) >= 11 is 0. The molecular weight excluding hydrogens is 448 g/mol. The molecule has 4 aromatic carbocycles. The molecule has 0 saturated carbocycles. The predicted molar refractivity (Wildman–Crippen MR) is 138 cm³/mol. The van der Waals surface area contributed by atoms with Crippen molar-refractivity contribution in [2.24, 2.45) is 0 Å². The Hall–Kier alpha value is -4.15. The van der Waals surface area contributed by atoms with Crippen molar-refractivity contribution >= 4 is 5.97 Å². The van der Waals surface area contributed by atoms with Crippen LogP contribution in [0.3, 0.4) is 0 Å². The van der Waals surface area contributed by atoms with Gasteiger partial charge in [-0.3, -0.25) is 0 Å². The van der Waals surface area contributed by atoms with E-state index in [1.165, 1.54) is 0 Å². The van der Waals surface area contributed by atoms with Gasteiger partial charge in [0, 0.05) is 17.5 Å². The monoisotopic (exact) mass is 474 g/mol. The van der Waals surface area contributed by atoms with Crippen molar-refractivity contribution in [3.05, 3.63) is 144 Å². The number of carbonyl (C=O) groups is 1. The lowest BCUT2D eigenvalue weighted by atomic mass is 9.71. The van der Waals surface area contributed by atoms with Gasteiger partial charge in [0.05, 0.1) is 13.0 Å². The molecule has 0 bridgehead atoms. The molecule has 178 valence electrons. The van der Waals surface area contributed by atoms with E-state index in [9.17, 15) is 4.79 Å². The van der Waals surface area contributed by atoms with Gasteiger partial charge in [0.15, 0.2) is 0 Å². The van der Waals surface area contributed by atoms with Crippen LogP contribution in [0.2, 0.25) is 0 Å². The molecule has 0 aromatic heterocycles. The molecule has 3 atom stereocenters. The summed E-state index contributed by atoms with van der Waals surface area (Å²) in [7, 11) is 1.64. The van der Waals surface area contributed by atoms with Crippen LogP contribution in [0.5, 0.6) is 11.5 Å². The fraction of sp³-hybridized carbons (Fsp3) is 0.156. The Kier molecular flexibility index (Phi) is 5.27. The topological polar surface area (TPSA) is 44.8 Å². The maximum Gasteiger partial charge on any atom is 0.349 e. The number of fused-ring (bicyclic) bond motifs is 3. The molecule has 2 aliphatic heterocycles. The maximum absolute atomic E-state index is 14.2. The Morgan fingerprint density at radius 3 is 2.25 bits per heavy atom. The number of benzene rings is 4. The highest BCUT2D eigenvalue weighted by atomic mass is 16.6. The molecule has 36 heavy (non-hydrogen) atoms. The number of ether oxygens (including phenoxy) is 3. The normalized spacial score (nSPS) is 24.0. The van der Waals surface area contributed by atoms with Gasteiger partial charge in [-0.2, -0.15) is 0 Å². The van der Waals surface area contributed by atoms with Gasteiger partial charge < -0.3 is 14.2 Å². The van der Waals surface area contributed by atoms with Gasteiger partial charge in [0.25, 0.3) is 0 Å². The summed E-state index contributed by atoms with van der Waals surface area (Å²) in [6.45, 7) is 4.04. The molecule has 0 saturated heterocycles. The van der Waals surface area contributed by atoms with Crippen molar-refractivity contribution in [1.82, 2.24) is 0 Å². The summed E-state index contributed by atoms with van der Waals surface area (Å²) in [6.07, 6.45) is 2.35. The first-order chi connectivity index (χ1) is 17.6. The number of esters is 1. The van der Waals surface area contributed by atoms with Crippen LogP contribution in [0, 0.1) is 0 Å². The van der Waals surface area contributed by atoms with Crippen LogP contribution in [-0.4, -0.2) is 13.1 Å². The predicted octanol–water partition coefficient (Wildman–Crippen LogP) is 6.49. The molecule has 0 amide bonds. The minimum absolute atomic E-state index is 0.420. The van der Waals surface area contributed by atoms with Crippen LogP contribution in [0.1, 0.15) is 40.2 Å². The molecule has 0 unspecified atom stereocenters. The summed E-state index contributed by atoms with van der Waals surface area (Å²) in [5, 5.41) is 0. The Bertz CT molecular complexity index is 1440. The van der Waals surface area contributed by atoms with Crippen molar-refractivity contribution < 1.29 is 19.0 Å². The molecule has 4 heteroatoms. The number of hydrogen-bond acceptors (Lipinski definition) is 4. The molecule has 4 nitrogen and oxygen atoms in total. The van der Waals surface area contributed by atoms with Crippen LogP contribution in [0.15, 0.2) is 116 Å². The third kappa shape index (κ3) is 3.08. The molecule has 2 aliphatic rings. The van der Waals surface area contributed by atoms with E-state index in [1.54, 1.807) is 7.11 Å². The second kappa shape index (κ2) is 8.51. The van der Waals surface area contributed by atoms with Crippen LogP contribution in [0.25, 0.3) is 0 Å². The average molecular weight is 475 g/mol. The van der Waals surface area contributed by atoms with E-state index in [-0.39, 0.29) is 0 Å². The van der Waals surface area contributed by atoms with Gasteiger partial charge in [-0.15, -0.1) is 6.58 Å².